The summed E-state index contributed by atoms with van der Waals surface area (Å²) in [5.74, 6) is 0.950. The van der Waals surface area contributed by atoms with E-state index < -0.39 is 0 Å². The summed E-state index contributed by atoms with van der Waals surface area (Å²) in [6.07, 6.45) is 0.743. The van der Waals surface area contributed by atoms with Crippen molar-refractivity contribution in [2.45, 2.75) is 0 Å². The first-order chi connectivity index (χ1) is 8.74. The van der Waals surface area contributed by atoms with Crippen LogP contribution in [0.3, 0.4) is 0 Å². The molecule has 18 heavy (non-hydrogen) atoms. The van der Waals surface area contributed by atoms with Crippen LogP contribution in [0.15, 0.2) is 24.3 Å². The molecule has 2 rings (SSSR count). The van der Waals surface area contributed by atoms with Crippen molar-refractivity contribution in [3.05, 3.63) is 35.4 Å². The number of carbonyl (C=O) groups is 1. The molecule has 0 N–H and O–H groups in total. The fraction of sp³-hybridized carbons (Fsp3) is 0.143. The third-order valence-electron chi connectivity index (χ3n) is 2.80. The molecule has 0 spiro atoms. The quantitative estimate of drug-likeness (QED) is 0.775. The first kappa shape index (κ1) is 11.9. The highest BCUT2D eigenvalue weighted by atomic mass is 16.5. The van der Waals surface area contributed by atoms with E-state index in [1.165, 1.54) is 14.2 Å². The Morgan fingerprint density at radius 1 is 1.17 bits per heavy atom. The number of nitrogens with zero attached hydrogens (tertiary/aromatic N) is 1. The Labute approximate surface area is 104 Å². The highest BCUT2D eigenvalue weighted by Gasteiger charge is 2.11. The van der Waals surface area contributed by atoms with E-state index in [-0.39, 0.29) is 0 Å². The number of fused-ring (bicyclic) bond motifs is 1. The Balaban J connectivity index is 2.85. The molecule has 0 fully saturated rings. The molecule has 0 radical (unpaired) electrons. The highest BCUT2D eigenvalue weighted by Crippen LogP contribution is 2.31. The second-order valence-electron chi connectivity index (χ2n) is 3.68. The van der Waals surface area contributed by atoms with E-state index in [1.54, 1.807) is 24.3 Å². The molecule has 90 valence electrons. The number of methoxy groups -OCH3 is 2. The molecule has 0 aromatic heterocycles. The van der Waals surface area contributed by atoms with Gasteiger partial charge < -0.3 is 9.47 Å². The van der Waals surface area contributed by atoms with E-state index in [0.29, 0.717) is 28.0 Å². The van der Waals surface area contributed by atoms with Crippen LogP contribution in [0.4, 0.5) is 0 Å². The van der Waals surface area contributed by atoms with Gasteiger partial charge in [-0.1, -0.05) is 6.07 Å². The molecule has 0 atom stereocenters. The Morgan fingerprint density at radius 2 is 1.89 bits per heavy atom. The number of carbonyl (C=O) groups excluding carboxylic acids is 1. The summed E-state index contributed by atoms with van der Waals surface area (Å²) in [6.45, 7) is 0. The van der Waals surface area contributed by atoms with Gasteiger partial charge in [-0.3, -0.25) is 4.79 Å². The second kappa shape index (κ2) is 4.76. The van der Waals surface area contributed by atoms with Crippen LogP contribution in [0.25, 0.3) is 10.8 Å². The monoisotopic (exact) mass is 241 g/mol. The Morgan fingerprint density at radius 3 is 2.44 bits per heavy atom. The highest BCUT2D eigenvalue weighted by molar-refractivity contribution is 6.02. The van der Waals surface area contributed by atoms with Crippen molar-refractivity contribution in [1.29, 1.82) is 5.26 Å². The normalized spacial score (nSPS) is 9.83. The summed E-state index contributed by atoms with van der Waals surface area (Å²) < 4.78 is 10.3. The number of rotatable bonds is 3. The van der Waals surface area contributed by atoms with Gasteiger partial charge in [-0.2, -0.15) is 5.26 Å². The van der Waals surface area contributed by atoms with Crippen molar-refractivity contribution in [3.63, 3.8) is 0 Å². The van der Waals surface area contributed by atoms with Crippen molar-refractivity contribution in [3.8, 4) is 17.6 Å². The topological polar surface area (TPSA) is 59.3 Å². The molecule has 2 aromatic carbocycles. The Bertz CT molecular complexity index is 656. The van der Waals surface area contributed by atoms with Gasteiger partial charge in [-0.05, 0) is 29.0 Å². The molecular formula is C14H11NO3. The zero-order valence-electron chi connectivity index (χ0n) is 10.1. The van der Waals surface area contributed by atoms with E-state index in [0.717, 1.165) is 11.7 Å². The average molecular weight is 241 g/mol. The predicted molar refractivity (Wildman–Crippen MR) is 67.2 cm³/mol. The molecule has 4 heteroatoms. The van der Waals surface area contributed by atoms with E-state index >= 15 is 0 Å². The fourth-order valence-electron chi connectivity index (χ4n) is 1.91. The van der Waals surface area contributed by atoms with Gasteiger partial charge in [-0.15, -0.1) is 0 Å². The minimum Gasteiger partial charge on any atom is -0.496 e. The third-order valence-corrected chi connectivity index (χ3v) is 2.80. The molecule has 2 aromatic rings. The summed E-state index contributed by atoms with van der Waals surface area (Å²) in [4.78, 5) is 11.2. The van der Waals surface area contributed by atoms with Crippen LogP contribution in [0.2, 0.25) is 0 Å². The number of ether oxygens (including phenoxy) is 2. The van der Waals surface area contributed by atoms with Crippen molar-refractivity contribution in [2.75, 3.05) is 14.2 Å². The molecule has 0 amide bonds. The van der Waals surface area contributed by atoms with Gasteiger partial charge in [0.15, 0.2) is 6.29 Å². The summed E-state index contributed by atoms with van der Waals surface area (Å²) in [5.41, 5.74) is 0.893. The van der Waals surface area contributed by atoms with Gasteiger partial charge in [0.1, 0.15) is 17.6 Å². The van der Waals surface area contributed by atoms with Crippen molar-refractivity contribution < 1.29 is 14.3 Å². The SMILES string of the molecule is COc1cc2c(C=O)c(OC)ccc2cc1C#N. The van der Waals surface area contributed by atoms with Crippen molar-refractivity contribution in [2.24, 2.45) is 0 Å². The van der Waals surface area contributed by atoms with E-state index in [4.69, 9.17) is 14.7 Å². The maximum atomic E-state index is 11.2. The molecule has 0 aliphatic rings. The number of benzene rings is 2. The van der Waals surface area contributed by atoms with Crippen LogP contribution in [-0.4, -0.2) is 20.5 Å². The standard InChI is InChI=1S/C14H11NO3/c1-17-13-4-3-9-5-10(7-15)14(18-2)6-11(9)12(13)8-16/h3-6,8H,1-2H3. The maximum Gasteiger partial charge on any atom is 0.154 e. The molecule has 0 bridgehead atoms. The third kappa shape index (κ3) is 1.76. The summed E-state index contributed by atoms with van der Waals surface area (Å²) in [7, 11) is 3.00. The Kier molecular flexibility index (Phi) is 3.16. The van der Waals surface area contributed by atoms with Crippen molar-refractivity contribution >= 4 is 17.1 Å². The summed E-state index contributed by atoms with van der Waals surface area (Å²) in [6, 6.07) is 8.95. The van der Waals surface area contributed by atoms with Crippen LogP contribution >= 0.6 is 0 Å². The summed E-state index contributed by atoms with van der Waals surface area (Å²) in [5, 5.41) is 10.5. The van der Waals surface area contributed by atoms with Crippen LogP contribution < -0.4 is 9.47 Å². The molecule has 0 aliphatic heterocycles. The zero-order chi connectivity index (χ0) is 13.1. The first-order valence-electron chi connectivity index (χ1n) is 5.29. The fourth-order valence-corrected chi connectivity index (χ4v) is 1.91. The maximum absolute atomic E-state index is 11.2. The van der Waals surface area contributed by atoms with E-state index in [1.807, 2.05) is 0 Å². The molecule has 4 nitrogen and oxygen atoms in total. The molecular weight excluding hydrogens is 230 g/mol. The zero-order valence-corrected chi connectivity index (χ0v) is 10.1. The van der Waals surface area contributed by atoms with Crippen molar-refractivity contribution in [1.82, 2.24) is 0 Å². The van der Waals surface area contributed by atoms with Gasteiger partial charge in [0, 0.05) is 0 Å². The second-order valence-corrected chi connectivity index (χ2v) is 3.68. The van der Waals surface area contributed by atoms with Gasteiger partial charge in [0.2, 0.25) is 0 Å². The van der Waals surface area contributed by atoms with Gasteiger partial charge >= 0.3 is 0 Å². The lowest BCUT2D eigenvalue weighted by Crippen LogP contribution is -1.94. The summed E-state index contributed by atoms with van der Waals surface area (Å²) >= 11 is 0. The van der Waals surface area contributed by atoms with Crippen LogP contribution in [-0.2, 0) is 0 Å². The number of nitriles is 1. The molecule has 0 unspecified atom stereocenters. The van der Waals surface area contributed by atoms with Gasteiger partial charge in [0.05, 0.1) is 25.3 Å². The van der Waals surface area contributed by atoms with Gasteiger partial charge in [0.25, 0.3) is 0 Å². The number of hydrogen-bond donors (Lipinski definition) is 0. The minimum atomic E-state index is 0.437. The molecule has 0 saturated carbocycles. The lowest BCUT2D eigenvalue weighted by molar-refractivity contribution is 0.112. The predicted octanol–water partition coefficient (Wildman–Crippen LogP) is 2.54. The molecule has 0 heterocycles. The molecule has 0 saturated heterocycles. The lowest BCUT2D eigenvalue weighted by Gasteiger charge is -2.10. The smallest absolute Gasteiger partial charge is 0.154 e. The number of hydrogen-bond acceptors (Lipinski definition) is 4. The lowest BCUT2D eigenvalue weighted by atomic mass is 10.0. The largest absolute Gasteiger partial charge is 0.496 e. The van der Waals surface area contributed by atoms with Gasteiger partial charge in [-0.25, -0.2) is 0 Å². The van der Waals surface area contributed by atoms with Crippen LogP contribution in [0, 0.1) is 11.3 Å². The van der Waals surface area contributed by atoms with E-state index in [9.17, 15) is 4.79 Å². The van der Waals surface area contributed by atoms with E-state index in [2.05, 4.69) is 6.07 Å². The van der Waals surface area contributed by atoms with Crippen LogP contribution in [0.5, 0.6) is 11.5 Å². The Hall–Kier alpha value is -2.54. The minimum absolute atomic E-state index is 0.437. The molecule has 0 aliphatic carbocycles. The first-order valence-corrected chi connectivity index (χ1v) is 5.29. The average Bonchev–Trinajstić information content (AvgIpc) is 2.44. The number of aldehydes is 1. The van der Waals surface area contributed by atoms with Crippen LogP contribution in [0.1, 0.15) is 15.9 Å².